The highest BCUT2D eigenvalue weighted by molar-refractivity contribution is 14.1. The molecule has 0 unspecified atom stereocenters. The van der Waals surface area contributed by atoms with Gasteiger partial charge in [-0.25, -0.2) is 0 Å². The van der Waals surface area contributed by atoms with Crippen LogP contribution in [0.4, 0.5) is 17.1 Å². The Morgan fingerprint density at radius 2 is 2.00 bits per heavy atom. The Morgan fingerprint density at radius 3 is 2.65 bits per heavy atom. The van der Waals surface area contributed by atoms with Gasteiger partial charge in [0.1, 0.15) is 5.69 Å². The van der Waals surface area contributed by atoms with E-state index in [1.807, 2.05) is 18.2 Å². The van der Waals surface area contributed by atoms with E-state index in [1.54, 1.807) is 18.2 Å². The number of nitrogens with one attached hydrogen (secondary N) is 2. The Labute approximate surface area is 146 Å². The Balaban J connectivity index is 1.82. The molecular formula is C16H14IN3O3. The van der Waals surface area contributed by atoms with Crippen LogP contribution in [0.5, 0.6) is 0 Å². The number of halogens is 1. The van der Waals surface area contributed by atoms with Crippen molar-refractivity contribution in [2.75, 3.05) is 10.6 Å². The first-order valence-electron chi connectivity index (χ1n) is 7.15. The molecule has 1 aliphatic rings. The molecule has 7 heteroatoms. The third kappa shape index (κ3) is 3.98. The van der Waals surface area contributed by atoms with E-state index >= 15 is 0 Å². The van der Waals surface area contributed by atoms with Crippen molar-refractivity contribution in [3.8, 4) is 0 Å². The van der Waals surface area contributed by atoms with Crippen molar-refractivity contribution >= 4 is 45.6 Å². The molecule has 1 fully saturated rings. The van der Waals surface area contributed by atoms with Crippen LogP contribution in [0.2, 0.25) is 0 Å². The average molecular weight is 423 g/mol. The number of nitro groups is 1. The molecule has 3 rings (SSSR count). The van der Waals surface area contributed by atoms with Gasteiger partial charge < -0.3 is 10.6 Å². The maximum atomic E-state index is 12.3. The number of amides is 1. The number of carbonyl (C=O) groups is 1. The highest BCUT2D eigenvalue weighted by Gasteiger charge is 2.25. The minimum absolute atomic E-state index is 0.0767. The van der Waals surface area contributed by atoms with Crippen molar-refractivity contribution in [3.05, 3.63) is 61.7 Å². The molecule has 0 aliphatic heterocycles. The second-order valence-corrected chi connectivity index (χ2v) is 6.62. The zero-order valence-corrected chi connectivity index (χ0v) is 14.2. The lowest BCUT2D eigenvalue weighted by molar-refractivity contribution is -0.384. The van der Waals surface area contributed by atoms with Gasteiger partial charge in [-0.2, -0.15) is 0 Å². The second kappa shape index (κ2) is 6.53. The normalized spacial score (nSPS) is 13.4. The first-order chi connectivity index (χ1) is 11.0. The van der Waals surface area contributed by atoms with Crippen molar-refractivity contribution in [3.63, 3.8) is 0 Å². The second-order valence-electron chi connectivity index (χ2n) is 5.37. The molecule has 6 nitrogen and oxygen atoms in total. The van der Waals surface area contributed by atoms with Gasteiger partial charge in [0.2, 0.25) is 0 Å². The van der Waals surface area contributed by atoms with Gasteiger partial charge in [0.25, 0.3) is 11.6 Å². The summed E-state index contributed by atoms with van der Waals surface area (Å²) in [5.41, 5.74) is 1.30. The number of nitrogens with zero attached hydrogens (tertiary/aromatic N) is 1. The molecule has 2 aromatic rings. The number of rotatable bonds is 5. The fourth-order valence-corrected chi connectivity index (χ4v) is 2.71. The Hall–Kier alpha value is -2.16. The number of carbonyl (C=O) groups excluding carboxylic acids is 1. The van der Waals surface area contributed by atoms with Gasteiger partial charge in [0, 0.05) is 26.9 Å². The van der Waals surface area contributed by atoms with Gasteiger partial charge in [-0.3, -0.25) is 14.9 Å². The topological polar surface area (TPSA) is 84.3 Å². The zero-order chi connectivity index (χ0) is 16.4. The van der Waals surface area contributed by atoms with Crippen LogP contribution in [0.1, 0.15) is 23.2 Å². The van der Waals surface area contributed by atoms with Crippen molar-refractivity contribution in [1.82, 2.24) is 0 Å². The Morgan fingerprint density at radius 1 is 1.22 bits per heavy atom. The standard InChI is InChI=1S/C16H14IN3O3/c17-11-2-1-3-13(9-11)19-16(21)10-4-7-14(18-12-5-6-12)15(8-10)20(22)23/h1-4,7-9,12,18H,5-6H2,(H,19,21). The summed E-state index contributed by atoms with van der Waals surface area (Å²) < 4.78 is 0.996. The van der Waals surface area contributed by atoms with E-state index < -0.39 is 4.92 Å². The molecule has 1 aliphatic carbocycles. The summed E-state index contributed by atoms with van der Waals surface area (Å²) in [6.45, 7) is 0. The Bertz CT molecular complexity index is 775. The molecule has 0 bridgehead atoms. The van der Waals surface area contributed by atoms with Crippen molar-refractivity contribution in [1.29, 1.82) is 0 Å². The van der Waals surface area contributed by atoms with E-state index in [9.17, 15) is 14.9 Å². The van der Waals surface area contributed by atoms with Crippen LogP contribution in [-0.2, 0) is 0 Å². The van der Waals surface area contributed by atoms with E-state index in [1.165, 1.54) is 6.07 Å². The van der Waals surface area contributed by atoms with E-state index in [4.69, 9.17) is 0 Å². The molecule has 0 spiro atoms. The highest BCUT2D eigenvalue weighted by Crippen LogP contribution is 2.31. The summed E-state index contributed by atoms with van der Waals surface area (Å²) in [5, 5.41) is 17.1. The molecule has 118 valence electrons. The first-order valence-corrected chi connectivity index (χ1v) is 8.23. The quantitative estimate of drug-likeness (QED) is 0.432. The smallest absolute Gasteiger partial charge is 0.293 e. The molecule has 0 saturated heterocycles. The lowest BCUT2D eigenvalue weighted by atomic mass is 10.1. The number of hydrogen-bond donors (Lipinski definition) is 2. The summed E-state index contributed by atoms with van der Waals surface area (Å²) in [6, 6.07) is 12.2. The molecule has 0 aromatic heterocycles. The summed E-state index contributed by atoms with van der Waals surface area (Å²) in [7, 11) is 0. The monoisotopic (exact) mass is 423 g/mol. The molecular weight excluding hydrogens is 409 g/mol. The molecule has 1 amide bonds. The largest absolute Gasteiger partial charge is 0.377 e. The van der Waals surface area contributed by atoms with Gasteiger partial charge in [-0.05, 0) is 65.8 Å². The van der Waals surface area contributed by atoms with Crippen LogP contribution >= 0.6 is 22.6 Å². The molecule has 0 radical (unpaired) electrons. The van der Waals surface area contributed by atoms with E-state index in [2.05, 4.69) is 33.2 Å². The van der Waals surface area contributed by atoms with Gasteiger partial charge in [0.05, 0.1) is 4.92 Å². The number of anilines is 2. The molecule has 2 aromatic carbocycles. The lowest BCUT2D eigenvalue weighted by Gasteiger charge is -2.09. The van der Waals surface area contributed by atoms with E-state index in [0.29, 0.717) is 17.4 Å². The van der Waals surface area contributed by atoms with Crippen molar-refractivity contribution in [2.24, 2.45) is 0 Å². The summed E-state index contributed by atoms with van der Waals surface area (Å²) in [6.07, 6.45) is 2.04. The lowest BCUT2D eigenvalue weighted by Crippen LogP contribution is -2.13. The van der Waals surface area contributed by atoms with Gasteiger partial charge in [-0.1, -0.05) is 6.07 Å². The molecule has 0 atom stereocenters. The average Bonchev–Trinajstić information content (AvgIpc) is 3.31. The minimum atomic E-state index is -0.465. The van der Waals surface area contributed by atoms with Gasteiger partial charge >= 0.3 is 0 Å². The molecule has 2 N–H and O–H groups in total. The molecule has 23 heavy (non-hydrogen) atoms. The maximum absolute atomic E-state index is 12.3. The third-order valence-electron chi connectivity index (χ3n) is 3.48. The molecule has 0 heterocycles. The number of benzene rings is 2. The predicted molar refractivity (Wildman–Crippen MR) is 96.9 cm³/mol. The first kappa shape index (κ1) is 15.7. The fraction of sp³-hybridized carbons (Fsp3) is 0.188. The number of nitro benzene ring substituents is 1. The van der Waals surface area contributed by atoms with Crippen LogP contribution in [0.3, 0.4) is 0 Å². The summed E-state index contributed by atoms with van der Waals surface area (Å²) >= 11 is 2.15. The SMILES string of the molecule is O=C(Nc1cccc(I)c1)c1ccc(NC2CC2)c([N+](=O)[O-])c1. The maximum Gasteiger partial charge on any atom is 0.293 e. The summed E-state index contributed by atoms with van der Waals surface area (Å²) in [4.78, 5) is 23.1. The van der Waals surface area contributed by atoms with Crippen LogP contribution in [0.15, 0.2) is 42.5 Å². The van der Waals surface area contributed by atoms with Crippen LogP contribution in [0.25, 0.3) is 0 Å². The van der Waals surface area contributed by atoms with Crippen molar-refractivity contribution < 1.29 is 9.72 Å². The van der Waals surface area contributed by atoms with E-state index in [-0.39, 0.29) is 17.2 Å². The molecule has 1 saturated carbocycles. The van der Waals surface area contributed by atoms with Gasteiger partial charge in [0.15, 0.2) is 0 Å². The Kier molecular flexibility index (Phi) is 4.46. The predicted octanol–water partition coefficient (Wildman–Crippen LogP) is 4.03. The van der Waals surface area contributed by atoms with Crippen molar-refractivity contribution in [2.45, 2.75) is 18.9 Å². The van der Waals surface area contributed by atoms with Crippen LogP contribution in [-0.4, -0.2) is 16.9 Å². The third-order valence-corrected chi connectivity index (χ3v) is 4.15. The number of hydrogen-bond acceptors (Lipinski definition) is 4. The highest BCUT2D eigenvalue weighted by atomic mass is 127. The van der Waals surface area contributed by atoms with Crippen LogP contribution < -0.4 is 10.6 Å². The zero-order valence-electron chi connectivity index (χ0n) is 12.1. The summed E-state index contributed by atoms with van der Waals surface area (Å²) in [5.74, 6) is -0.368. The van der Waals surface area contributed by atoms with E-state index in [0.717, 1.165) is 16.4 Å². The van der Waals surface area contributed by atoms with Crippen LogP contribution in [0, 0.1) is 13.7 Å². The fourth-order valence-electron chi connectivity index (χ4n) is 2.16. The van der Waals surface area contributed by atoms with Gasteiger partial charge in [-0.15, -0.1) is 0 Å². The minimum Gasteiger partial charge on any atom is -0.377 e.